The highest BCUT2D eigenvalue weighted by Crippen LogP contribution is 2.30. The zero-order chi connectivity index (χ0) is 15.6. The Morgan fingerprint density at radius 2 is 2.05 bits per heavy atom. The highest BCUT2D eigenvalue weighted by molar-refractivity contribution is 5.79. The maximum atomic E-state index is 12.7. The van der Waals surface area contributed by atoms with Crippen LogP contribution in [0.4, 0.5) is 13.2 Å². The molecule has 2 N–H and O–H groups in total. The van der Waals surface area contributed by atoms with E-state index in [1.54, 1.807) is 0 Å². The minimum Gasteiger partial charge on any atom is -0.480 e. The molecule has 1 atom stereocenters. The van der Waals surface area contributed by atoms with Crippen LogP contribution in [0.3, 0.4) is 0 Å². The topological polar surface area (TPSA) is 88.2 Å². The molecule has 20 heavy (non-hydrogen) atoms. The number of hydrogen-bond acceptors (Lipinski definition) is 5. The van der Waals surface area contributed by atoms with Crippen LogP contribution >= 0.6 is 0 Å². The summed E-state index contributed by atoms with van der Waals surface area (Å²) in [4.78, 5) is 14.7. The summed E-state index contributed by atoms with van der Waals surface area (Å²) in [7, 11) is 0. The summed E-state index contributed by atoms with van der Waals surface area (Å²) >= 11 is 0. The number of aromatic nitrogens is 2. The Kier molecular flexibility index (Phi) is 4.74. The molecule has 0 amide bonds. The van der Waals surface area contributed by atoms with E-state index in [2.05, 4.69) is 10.1 Å². The van der Waals surface area contributed by atoms with Gasteiger partial charge in [0.15, 0.2) is 5.82 Å². The summed E-state index contributed by atoms with van der Waals surface area (Å²) < 4.78 is 42.9. The highest BCUT2D eigenvalue weighted by Gasteiger charge is 2.57. The second-order valence-corrected chi connectivity index (χ2v) is 4.98. The maximum absolute atomic E-state index is 12.7. The zero-order valence-electron chi connectivity index (χ0n) is 11.3. The van der Waals surface area contributed by atoms with Gasteiger partial charge in [-0.3, -0.25) is 5.32 Å². The van der Waals surface area contributed by atoms with E-state index in [0.717, 1.165) is 0 Å². The molecule has 0 aliphatic rings. The quantitative estimate of drug-likeness (QED) is 0.831. The van der Waals surface area contributed by atoms with Crippen molar-refractivity contribution in [1.29, 1.82) is 0 Å². The Morgan fingerprint density at radius 1 is 1.45 bits per heavy atom. The van der Waals surface area contributed by atoms with E-state index < -0.39 is 24.2 Å². The molecular weight excluding hydrogens is 279 g/mol. The van der Waals surface area contributed by atoms with Crippen LogP contribution in [0.25, 0.3) is 0 Å². The lowest BCUT2D eigenvalue weighted by Crippen LogP contribution is -2.59. The molecule has 6 nitrogen and oxygen atoms in total. The predicted octanol–water partition coefficient (Wildman–Crippen LogP) is 1.76. The Morgan fingerprint density at radius 3 is 2.50 bits per heavy atom. The monoisotopic (exact) mass is 295 g/mol. The maximum Gasteiger partial charge on any atom is 0.417 e. The predicted molar refractivity (Wildman–Crippen MR) is 61.8 cm³/mol. The van der Waals surface area contributed by atoms with Gasteiger partial charge in [-0.2, -0.15) is 18.2 Å². The number of nitrogens with zero attached hydrogens (tertiary/aromatic N) is 2. The van der Waals surface area contributed by atoms with Gasteiger partial charge in [0.05, 0.1) is 6.54 Å². The lowest BCUT2D eigenvalue weighted by atomic mass is 10.0. The van der Waals surface area contributed by atoms with Crippen LogP contribution in [0.15, 0.2) is 4.52 Å². The second-order valence-electron chi connectivity index (χ2n) is 4.98. The zero-order valence-corrected chi connectivity index (χ0v) is 11.3. The molecule has 9 heteroatoms. The molecule has 0 aromatic carbocycles. The summed E-state index contributed by atoms with van der Waals surface area (Å²) in [5, 5.41) is 14.2. The van der Waals surface area contributed by atoms with E-state index in [1.807, 2.05) is 19.2 Å². The third-order valence-electron chi connectivity index (χ3n) is 2.69. The SMILES string of the molecule is CC(C)Cc1noc(CNC(C)(C(=O)O)C(F)(F)F)n1. The first kappa shape index (κ1) is 16.4. The molecule has 1 aromatic heterocycles. The van der Waals surface area contributed by atoms with Crippen LogP contribution in [-0.2, 0) is 17.8 Å². The van der Waals surface area contributed by atoms with Crippen molar-refractivity contribution in [2.45, 2.75) is 45.5 Å². The normalized spacial score (nSPS) is 15.3. The number of rotatable bonds is 6. The van der Waals surface area contributed by atoms with E-state index >= 15 is 0 Å². The van der Waals surface area contributed by atoms with Crippen molar-refractivity contribution < 1.29 is 27.6 Å². The summed E-state index contributed by atoms with van der Waals surface area (Å²) in [5.41, 5.74) is -3.07. The number of alkyl halides is 3. The fourth-order valence-electron chi connectivity index (χ4n) is 1.36. The number of carbonyl (C=O) groups is 1. The van der Waals surface area contributed by atoms with Gasteiger partial charge in [-0.05, 0) is 12.8 Å². The first-order valence-electron chi connectivity index (χ1n) is 5.93. The standard InChI is InChI=1S/C11H16F3N3O3/c1-6(2)4-7-16-8(20-17-7)5-15-10(3,9(18)19)11(12,13)14/h6,15H,4-5H2,1-3H3,(H,18,19). The fraction of sp³-hybridized carbons (Fsp3) is 0.727. The lowest BCUT2D eigenvalue weighted by molar-refractivity contribution is -0.206. The van der Waals surface area contributed by atoms with Gasteiger partial charge in [-0.25, -0.2) is 4.79 Å². The Labute approximate surface area is 113 Å². The van der Waals surface area contributed by atoms with Crippen LogP contribution < -0.4 is 5.32 Å². The Hall–Kier alpha value is -1.64. The molecule has 0 bridgehead atoms. The summed E-state index contributed by atoms with van der Waals surface area (Å²) in [6, 6.07) is 0. The van der Waals surface area contributed by atoms with Crippen molar-refractivity contribution in [3.05, 3.63) is 11.7 Å². The third kappa shape index (κ3) is 3.69. The van der Waals surface area contributed by atoms with Gasteiger partial charge in [0.25, 0.3) is 0 Å². The van der Waals surface area contributed by atoms with Crippen molar-refractivity contribution in [2.24, 2.45) is 5.92 Å². The molecule has 0 saturated heterocycles. The van der Waals surface area contributed by atoms with Gasteiger partial charge in [0.2, 0.25) is 11.4 Å². The Bertz CT molecular complexity index is 473. The molecule has 0 spiro atoms. The van der Waals surface area contributed by atoms with Crippen LogP contribution in [0.2, 0.25) is 0 Å². The molecule has 1 rings (SSSR count). The lowest BCUT2D eigenvalue weighted by Gasteiger charge is -2.27. The highest BCUT2D eigenvalue weighted by atomic mass is 19.4. The summed E-state index contributed by atoms with van der Waals surface area (Å²) in [5.74, 6) is -1.46. The largest absolute Gasteiger partial charge is 0.480 e. The van der Waals surface area contributed by atoms with Crippen molar-refractivity contribution in [2.75, 3.05) is 0 Å². The number of halogens is 3. The first-order valence-corrected chi connectivity index (χ1v) is 5.93. The molecule has 0 fully saturated rings. The van der Waals surface area contributed by atoms with Crippen molar-refractivity contribution in [1.82, 2.24) is 15.5 Å². The van der Waals surface area contributed by atoms with E-state index in [4.69, 9.17) is 9.63 Å². The number of carboxylic acid groups (broad SMARTS) is 1. The number of hydrogen-bond donors (Lipinski definition) is 2. The average molecular weight is 295 g/mol. The molecule has 0 aliphatic carbocycles. The number of nitrogens with one attached hydrogen (secondary N) is 1. The minimum absolute atomic E-state index is 0.0858. The third-order valence-corrected chi connectivity index (χ3v) is 2.69. The molecule has 0 saturated carbocycles. The van der Waals surface area contributed by atoms with Crippen molar-refractivity contribution >= 4 is 5.97 Å². The van der Waals surface area contributed by atoms with Crippen molar-refractivity contribution in [3.8, 4) is 0 Å². The summed E-state index contributed by atoms with van der Waals surface area (Å²) in [6.07, 6.45) is -4.42. The van der Waals surface area contributed by atoms with Crippen LogP contribution in [0.5, 0.6) is 0 Å². The molecule has 114 valence electrons. The number of aliphatic carboxylic acids is 1. The molecule has 1 unspecified atom stereocenters. The van der Waals surface area contributed by atoms with Gasteiger partial charge in [0.1, 0.15) is 0 Å². The van der Waals surface area contributed by atoms with Gasteiger partial charge in [0, 0.05) is 6.42 Å². The van der Waals surface area contributed by atoms with E-state index in [0.29, 0.717) is 19.2 Å². The molecule has 0 aliphatic heterocycles. The Balaban J connectivity index is 2.74. The van der Waals surface area contributed by atoms with Gasteiger partial charge in [-0.1, -0.05) is 19.0 Å². The molecular formula is C11H16F3N3O3. The van der Waals surface area contributed by atoms with Crippen LogP contribution in [0, 0.1) is 5.92 Å². The summed E-state index contributed by atoms with van der Waals surface area (Å²) in [6.45, 7) is 3.92. The smallest absolute Gasteiger partial charge is 0.417 e. The first-order chi connectivity index (χ1) is 9.06. The minimum atomic E-state index is -4.94. The average Bonchev–Trinajstić information content (AvgIpc) is 2.70. The molecule has 1 aromatic rings. The second kappa shape index (κ2) is 5.78. The van der Waals surface area contributed by atoms with E-state index in [-0.39, 0.29) is 11.8 Å². The van der Waals surface area contributed by atoms with Crippen molar-refractivity contribution in [3.63, 3.8) is 0 Å². The molecule has 1 heterocycles. The molecule has 0 radical (unpaired) electrons. The van der Waals surface area contributed by atoms with Gasteiger partial charge in [-0.15, -0.1) is 0 Å². The van der Waals surface area contributed by atoms with E-state index in [9.17, 15) is 18.0 Å². The van der Waals surface area contributed by atoms with Crippen LogP contribution in [0.1, 0.15) is 32.5 Å². The number of carboxylic acids is 1. The van der Waals surface area contributed by atoms with Gasteiger partial charge >= 0.3 is 12.1 Å². The fourth-order valence-corrected chi connectivity index (χ4v) is 1.36. The van der Waals surface area contributed by atoms with E-state index in [1.165, 1.54) is 0 Å². The van der Waals surface area contributed by atoms with Gasteiger partial charge < -0.3 is 9.63 Å². The van der Waals surface area contributed by atoms with Crippen LogP contribution in [-0.4, -0.2) is 32.9 Å².